The molecule has 1 aliphatic rings. The van der Waals surface area contributed by atoms with E-state index in [2.05, 4.69) is 15.3 Å². The van der Waals surface area contributed by atoms with Crippen LogP contribution in [-0.2, 0) is 4.79 Å². The molecule has 98 valence electrons. The van der Waals surface area contributed by atoms with Gasteiger partial charge in [-0.2, -0.15) is 0 Å². The second-order valence-electron chi connectivity index (χ2n) is 4.54. The molecule has 1 aromatic heterocycles. The molecular weight excluding hydrogens is 232 g/mol. The Hall–Kier alpha value is -1.85. The van der Waals surface area contributed by atoms with E-state index < -0.39 is 0 Å². The van der Waals surface area contributed by atoms with Gasteiger partial charge in [-0.1, -0.05) is 0 Å². The molecule has 1 saturated carbocycles. The number of rotatable bonds is 4. The minimum absolute atomic E-state index is 0.0305. The summed E-state index contributed by atoms with van der Waals surface area (Å²) in [7, 11) is 1.57. The molecular formula is C12H18N4O2. The topological polar surface area (TPSA) is 90.1 Å². The van der Waals surface area contributed by atoms with Crippen molar-refractivity contribution >= 4 is 11.7 Å². The maximum atomic E-state index is 11.1. The predicted octanol–water partition coefficient (Wildman–Crippen LogP) is 0.941. The molecule has 0 aliphatic heterocycles. The zero-order valence-electron chi connectivity index (χ0n) is 10.4. The van der Waals surface area contributed by atoms with Gasteiger partial charge in [-0.15, -0.1) is 0 Å². The molecule has 0 bridgehead atoms. The molecule has 0 saturated heterocycles. The quantitative estimate of drug-likeness (QED) is 0.830. The Morgan fingerprint density at radius 3 is 2.72 bits per heavy atom. The lowest BCUT2D eigenvalue weighted by Crippen LogP contribution is -2.32. The van der Waals surface area contributed by atoms with Crippen molar-refractivity contribution in [3.8, 4) is 5.88 Å². The van der Waals surface area contributed by atoms with Gasteiger partial charge < -0.3 is 15.8 Å². The Morgan fingerprint density at radius 1 is 1.39 bits per heavy atom. The fraction of sp³-hybridized carbons (Fsp3) is 0.583. The fourth-order valence-electron chi connectivity index (χ4n) is 2.26. The maximum Gasteiger partial charge on any atom is 0.220 e. The van der Waals surface area contributed by atoms with E-state index in [0.717, 1.165) is 31.5 Å². The summed E-state index contributed by atoms with van der Waals surface area (Å²) in [6.07, 6.45) is 5.01. The number of nitrogens with one attached hydrogen (secondary N) is 1. The third-order valence-electron chi connectivity index (χ3n) is 3.33. The van der Waals surface area contributed by atoms with Crippen LogP contribution in [0.2, 0.25) is 0 Å². The third kappa shape index (κ3) is 3.09. The Bertz CT molecular complexity index is 416. The van der Waals surface area contributed by atoms with Crippen molar-refractivity contribution in [2.45, 2.75) is 31.7 Å². The lowest BCUT2D eigenvalue weighted by atomic mass is 9.85. The van der Waals surface area contributed by atoms with E-state index in [1.54, 1.807) is 13.2 Å². The fourth-order valence-corrected chi connectivity index (χ4v) is 2.26. The van der Waals surface area contributed by atoms with Gasteiger partial charge in [0.1, 0.15) is 12.1 Å². The number of anilines is 1. The monoisotopic (exact) mass is 250 g/mol. The third-order valence-corrected chi connectivity index (χ3v) is 3.33. The van der Waals surface area contributed by atoms with Gasteiger partial charge >= 0.3 is 0 Å². The van der Waals surface area contributed by atoms with Gasteiger partial charge in [0.05, 0.1) is 7.11 Å². The minimum atomic E-state index is -0.183. The zero-order valence-corrected chi connectivity index (χ0v) is 10.4. The van der Waals surface area contributed by atoms with Crippen LogP contribution in [0.1, 0.15) is 25.7 Å². The number of primary amides is 1. The number of nitrogens with zero attached hydrogens (tertiary/aromatic N) is 2. The summed E-state index contributed by atoms with van der Waals surface area (Å²) < 4.78 is 5.04. The molecule has 0 aromatic carbocycles. The van der Waals surface area contributed by atoms with Gasteiger partial charge in [-0.3, -0.25) is 4.79 Å². The highest BCUT2D eigenvalue weighted by Crippen LogP contribution is 2.26. The molecule has 1 aliphatic carbocycles. The van der Waals surface area contributed by atoms with Gasteiger partial charge in [-0.25, -0.2) is 9.97 Å². The number of aromatic nitrogens is 2. The van der Waals surface area contributed by atoms with Crippen molar-refractivity contribution < 1.29 is 9.53 Å². The van der Waals surface area contributed by atoms with E-state index in [0.29, 0.717) is 11.9 Å². The van der Waals surface area contributed by atoms with Crippen LogP contribution in [-0.4, -0.2) is 29.0 Å². The molecule has 0 spiro atoms. The van der Waals surface area contributed by atoms with Crippen LogP contribution in [0.5, 0.6) is 5.88 Å². The average Bonchev–Trinajstić information content (AvgIpc) is 2.39. The van der Waals surface area contributed by atoms with Crippen molar-refractivity contribution in [1.82, 2.24) is 9.97 Å². The highest BCUT2D eigenvalue weighted by Gasteiger charge is 2.24. The number of methoxy groups -OCH3 is 1. The van der Waals surface area contributed by atoms with Crippen molar-refractivity contribution in [2.75, 3.05) is 12.4 Å². The van der Waals surface area contributed by atoms with Crippen LogP contribution >= 0.6 is 0 Å². The standard InChI is InChI=1S/C12H18N4O2/c1-18-11-6-10(14-7-15-11)16-9-4-2-8(3-5-9)12(13)17/h6-9H,2-5H2,1H3,(H2,13,17)(H,14,15,16). The first kappa shape index (κ1) is 12.6. The molecule has 1 fully saturated rings. The Balaban J connectivity index is 1.89. The Labute approximate surface area is 106 Å². The number of hydrogen-bond donors (Lipinski definition) is 2. The number of nitrogens with two attached hydrogens (primary N) is 1. The number of ether oxygens (including phenoxy) is 1. The molecule has 2 rings (SSSR count). The van der Waals surface area contributed by atoms with E-state index in [1.165, 1.54) is 6.33 Å². The lowest BCUT2D eigenvalue weighted by Gasteiger charge is -2.27. The summed E-state index contributed by atoms with van der Waals surface area (Å²) in [5.41, 5.74) is 5.31. The first-order valence-corrected chi connectivity index (χ1v) is 6.11. The van der Waals surface area contributed by atoms with Gasteiger partial charge in [0.2, 0.25) is 11.8 Å². The molecule has 3 N–H and O–H groups in total. The molecule has 0 atom stereocenters. The normalized spacial score (nSPS) is 23.4. The summed E-state index contributed by atoms with van der Waals surface area (Å²) in [6.45, 7) is 0. The van der Waals surface area contributed by atoms with E-state index in [1.807, 2.05) is 0 Å². The van der Waals surface area contributed by atoms with E-state index in [4.69, 9.17) is 10.5 Å². The van der Waals surface area contributed by atoms with Crippen molar-refractivity contribution in [1.29, 1.82) is 0 Å². The molecule has 6 nitrogen and oxygen atoms in total. The average molecular weight is 250 g/mol. The highest BCUT2D eigenvalue weighted by molar-refractivity contribution is 5.76. The zero-order chi connectivity index (χ0) is 13.0. The van der Waals surface area contributed by atoms with Gasteiger partial charge in [0.15, 0.2) is 0 Å². The van der Waals surface area contributed by atoms with Gasteiger partial charge in [0.25, 0.3) is 0 Å². The first-order valence-electron chi connectivity index (χ1n) is 6.11. The SMILES string of the molecule is COc1cc(NC2CCC(C(N)=O)CC2)ncn1. The smallest absolute Gasteiger partial charge is 0.220 e. The molecule has 0 radical (unpaired) electrons. The minimum Gasteiger partial charge on any atom is -0.481 e. The summed E-state index contributed by atoms with van der Waals surface area (Å²) in [5.74, 6) is 1.14. The lowest BCUT2D eigenvalue weighted by molar-refractivity contribution is -0.122. The number of carbonyl (C=O) groups excluding carboxylic acids is 1. The van der Waals surface area contributed by atoms with Gasteiger partial charge in [-0.05, 0) is 25.7 Å². The predicted molar refractivity (Wildman–Crippen MR) is 67.1 cm³/mol. The van der Waals surface area contributed by atoms with E-state index >= 15 is 0 Å². The van der Waals surface area contributed by atoms with Crippen LogP contribution in [0, 0.1) is 5.92 Å². The summed E-state index contributed by atoms with van der Waals surface area (Å²) in [6, 6.07) is 2.10. The molecule has 6 heteroatoms. The highest BCUT2D eigenvalue weighted by atomic mass is 16.5. The van der Waals surface area contributed by atoms with Crippen LogP contribution in [0.3, 0.4) is 0 Å². The Kier molecular flexibility index (Phi) is 3.96. The largest absolute Gasteiger partial charge is 0.481 e. The number of hydrogen-bond acceptors (Lipinski definition) is 5. The summed E-state index contributed by atoms with van der Waals surface area (Å²) in [4.78, 5) is 19.2. The van der Waals surface area contributed by atoms with Crippen molar-refractivity contribution in [3.05, 3.63) is 12.4 Å². The Morgan fingerprint density at radius 2 is 2.11 bits per heavy atom. The summed E-state index contributed by atoms with van der Waals surface area (Å²) in [5, 5.41) is 3.33. The summed E-state index contributed by atoms with van der Waals surface area (Å²) >= 11 is 0. The second kappa shape index (κ2) is 5.66. The van der Waals surface area contributed by atoms with Gasteiger partial charge in [0, 0.05) is 18.0 Å². The molecule has 1 heterocycles. The second-order valence-corrected chi connectivity index (χ2v) is 4.54. The molecule has 0 unspecified atom stereocenters. The van der Waals surface area contributed by atoms with Crippen LogP contribution in [0.15, 0.2) is 12.4 Å². The van der Waals surface area contributed by atoms with E-state index in [9.17, 15) is 4.79 Å². The molecule has 18 heavy (non-hydrogen) atoms. The van der Waals surface area contributed by atoms with Crippen LogP contribution < -0.4 is 15.8 Å². The van der Waals surface area contributed by atoms with Crippen molar-refractivity contribution in [3.63, 3.8) is 0 Å². The van der Waals surface area contributed by atoms with Crippen LogP contribution in [0.25, 0.3) is 0 Å². The van der Waals surface area contributed by atoms with Crippen molar-refractivity contribution in [2.24, 2.45) is 11.7 Å². The number of amides is 1. The van der Waals surface area contributed by atoms with Crippen LogP contribution in [0.4, 0.5) is 5.82 Å². The first-order chi connectivity index (χ1) is 8.69. The maximum absolute atomic E-state index is 11.1. The molecule has 1 aromatic rings. The van der Waals surface area contributed by atoms with E-state index in [-0.39, 0.29) is 11.8 Å². The molecule has 1 amide bonds. The number of carbonyl (C=O) groups is 1.